The van der Waals surface area contributed by atoms with Crippen LogP contribution in [0, 0.1) is 0 Å². The Morgan fingerprint density at radius 1 is 0.821 bits per heavy atom. The van der Waals surface area contributed by atoms with Crippen LogP contribution in [-0.2, 0) is 11.3 Å². The van der Waals surface area contributed by atoms with Gasteiger partial charge in [-0.05, 0) is 30.5 Å². The molecule has 1 fully saturated rings. The van der Waals surface area contributed by atoms with Crippen LogP contribution < -0.4 is 0 Å². The molecule has 2 aromatic carbocycles. The number of imide groups is 1. The fourth-order valence-electron chi connectivity index (χ4n) is 4.38. The maximum absolute atomic E-state index is 13.3. The summed E-state index contributed by atoms with van der Waals surface area (Å²) in [5, 5.41) is 0. The highest BCUT2D eigenvalue weighted by molar-refractivity contribution is 6.31. The number of benzene rings is 2. The highest BCUT2D eigenvalue weighted by Crippen LogP contribution is 2.41. The van der Waals surface area contributed by atoms with Crippen molar-refractivity contribution in [1.82, 2.24) is 9.80 Å². The number of hydrogen-bond acceptors (Lipinski definition) is 4. The second-order valence-electron chi connectivity index (χ2n) is 7.52. The van der Waals surface area contributed by atoms with Gasteiger partial charge in [-0.2, -0.15) is 0 Å². The first-order chi connectivity index (χ1) is 13.6. The normalized spacial score (nSPS) is 20.3. The van der Waals surface area contributed by atoms with Gasteiger partial charge in [0.05, 0.1) is 17.7 Å². The van der Waals surface area contributed by atoms with E-state index in [4.69, 9.17) is 4.99 Å². The molecule has 2 aromatic rings. The van der Waals surface area contributed by atoms with E-state index < -0.39 is 17.4 Å². The fourth-order valence-corrected chi connectivity index (χ4v) is 4.38. The van der Waals surface area contributed by atoms with E-state index in [9.17, 15) is 14.4 Å². The Hall–Kier alpha value is -3.28. The van der Waals surface area contributed by atoms with E-state index in [0.717, 1.165) is 23.3 Å². The third-order valence-electron chi connectivity index (χ3n) is 5.81. The summed E-state index contributed by atoms with van der Waals surface area (Å²) in [6.45, 7) is 0.285. The summed E-state index contributed by atoms with van der Waals surface area (Å²) in [4.78, 5) is 46.6. The van der Waals surface area contributed by atoms with Crippen molar-refractivity contribution in [2.24, 2.45) is 4.99 Å². The zero-order valence-electron chi connectivity index (χ0n) is 15.3. The van der Waals surface area contributed by atoms with Gasteiger partial charge in [-0.15, -0.1) is 0 Å². The summed E-state index contributed by atoms with van der Waals surface area (Å²) in [7, 11) is 0. The highest BCUT2D eigenvalue weighted by atomic mass is 16.2. The second kappa shape index (κ2) is 6.12. The first kappa shape index (κ1) is 16.9. The lowest BCUT2D eigenvalue weighted by Gasteiger charge is -2.25. The molecule has 6 nitrogen and oxygen atoms in total. The average molecular weight is 373 g/mol. The van der Waals surface area contributed by atoms with Gasteiger partial charge in [0.1, 0.15) is 5.54 Å². The minimum Gasteiger partial charge on any atom is -0.275 e. The van der Waals surface area contributed by atoms with E-state index in [-0.39, 0.29) is 18.4 Å². The second-order valence-corrected chi connectivity index (χ2v) is 7.52. The van der Waals surface area contributed by atoms with Crippen molar-refractivity contribution in [2.45, 2.75) is 37.8 Å². The van der Waals surface area contributed by atoms with Crippen LogP contribution in [0.4, 0.5) is 0 Å². The Morgan fingerprint density at radius 3 is 2.00 bits per heavy atom. The summed E-state index contributed by atoms with van der Waals surface area (Å²) in [6.07, 6.45) is 3.15. The molecular weight excluding hydrogens is 354 g/mol. The summed E-state index contributed by atoms with van der Waals surface area (Å²) in [5.41, 5.74) is 0.805. The molecule has 0 unspecified atom stereocenters. The predicted octanol–water partition coefficient (Wildman–Crippen LogP) is 2.99. The highest BCUT2D eigenvalue weighted by Gasteiger charge is 2.54. The standard InChI is InChI=1S/C22H19N3O3/c26-18-16-10-4-5-11-17(16)19(27)25(18)21-23-22(12-6-7-13-22)20(28)24(21)14-15-8-2-1-3-9-15/h1-5,8-11H,6-7,12-14H2. The van der Waals surface area contributed by atoms with Gasteiger partial charge >= 0.3 is 0 Å². The van der Waals surface area contributed by atoms with Crippen LogP contribution in [0.2, 0.25) is 0 Å². The number of nitrogens with zero attached hydrogens (tertiary/aromatic N) is 3. The van der Waals surface area contributed by atoms with Crippen molar-refractivity contribution in [3.63, 3.8) is 0 Å². The van der Waals surface area contributed by atoms with Crippen molar-refractivity contribution < 1.29 is 14.4 Å². The monoisotopic (exact) mass is 373 g/mol. The van der Waals surface area contributed by atoms with Crippen molar-refractivity contribution in [2.75, 3.05) is 0 Å². The van der Waals surface area contributed by atoms with Gasteiger partial charge in [-0.25, -0.2) is 9.89 Å². The number of rotatable bonds is 2. The van der Waals surface area contributed by atoms with Crippen LogP contribution in [0.3, 0.4) is 0 Å². The lowest BCUT2D eigenvalue weighted by molar-refractivity contribution is -0.131. The fraction of sp³-hybridized carbons (Fsp3) is 0.273. The molecule has 3 amide bonds. The molecule has 0 radical (unpaired) electrons. The molecule has 0 saturated heterocycles. The Labute approximate surface area is 162 Å². The zero-order valence-corrected chi connectivity index (χ0v) is 15.3. The van der Waals surface area contributed by atoms with Crippen LogP contribution in [-0.4, -0.2) is 39.0 Å². The van der Waals surface area contributed by atoms with Crippen LogP contribution in [0.25, 0.3) is 0 Å². The number of carbonyl (C=O) groups is 3. The Bertz CT molecular complexity index is 987. The summed E-state index contributed by atoms with van der Waals surface area (Å²) in [5.74, 6) is -0.775. The van der Waals surface area contributed by atoms with E-state index in [1.807, 2.05) is 30.3 Å². The Kier molecular flexibility index (Phi) is 3.69. The Morgan fingerprint density at radius 2 is 1.39 bits per heavy atom. The molecule has 28 heavy (non-hydrogen) atoms. The van der Waals surface area contributed by atoms with Crippen molar-refractivity contribution in [1.29, 1.82) is 0 Å². The van der Waals surface area contributed by atoms with Gasteiger partial charge in [-0.3, -0.25) is 19.3 Å². The Balaban J connectivity index is 1.58. The lowest BCUT2D eigenvalue weighted by Crippen LogP contribution is -2.47. The topological polar surface area (TPSA) is 70.0 Å². The molecule has 2 aliphatic heterocycles. The number of guanidine groups is 1. The van der Waals surface area contributed by atoms with Crippen LogP contribution in [0.5, 0.6) is 0 Å². The maximum atomic E-state index is 13.3. The molecule has 3 aliphatic rings. The third-order valence-corrected chi connectivity index (χ3v) is 5.81. The van der Waals surface area contributed by atoms with E-state index in [0.29, 0.717) is 24.0 Å². The number of carbonyl (C=O) groups excluding carboxylic acids is 3. The summed E-state index contributed by atoms with van der Waals surface area (Å²) >= 11 is 0. The summed E-state index contributed by atoms with van der Waals surface area (Å²) < 4.78 is 0. The molecule has 0 N–H and O–H groups in total. The van der Waals surface area contributed by atoms with Crippen molar-refractivity contribution in [3.8, 4) is 0 Å². The van der Waals surface area contributed by atoms with Crippen molar-refractivity contribution >= 4 is 23.7 Å². The quantitative estimate of drug-likeness (QED) is 0.760. The van der Waals surface area contributed by atoms with Crippen molar-refractivity contribution in [3.05, 3.63) is 71.3 Å². The van der Waals surface area contributed by atoms with Gasteiger partial charge < -0.3 is 0 Å². The van der Waals surface area contributed by atoms with Gasteiger partial charge in [0.2, 0.25) is 5.96 Å². The summed E-state index contributed by atoms with van der Waals surface area (Å²) in [6, 6.07) is 16.3. The molecule has 2 heterocycles. The molecule has 1 spiro atoms. The molecule has 0 aromatic heterocycles. The van der Waals surface area contributed by atoms with Gasteiger partial charge in [0.15, 0.2) is 0 Å². The minimum atomic E-state index is -0.834. The van der Waals surface area contributed by atoms with Crippen LogP contribution in [0.1, 0.15) is 52.0 Å². The van der Waals surface area contributed by atoms with E-state index >= 15 is 0 Å². The zero-order chi connectivity index (χ0) is 19.3. The van der Waals surface area contributed by atoms with Gasteiger partial charge in [0, 0.05) is 0 Å². The number of aliphatic imine (C=N–C) groups is 1. The van der Waals surface area contributed by atoms with Crippen LogP contribution in [0.15, 0.2) is 59.6 Å². The molecule has 140 valence electrons. The smallest absolute Gasteiger partial charge is 0.268 e. The molecule has 0 bridgehead atoms. The van der Waals surface area contributed by atoms with E-state index in [1.54, 1.807) is 24.3 Å². The van der Waals surface area contributed by atoms with E-state index in [1.165, 1.54) is 4.90 Å². The lowest BCUT2D eigenvalue weighted by atomic mass is 9.98. The number of fused-ring (bicyclic) bond motifs is 1. The van der Waals surface area contributed by atoms with Gasteiger partial charge in [-0.1, -0.05) is 55.3 Å². The molecule has 6 heteroatoms. The van der Waals surface area contributed by atoms with Crippen LogP contribution >= 0.6 is 0 Å². The average Bonchev–Trinajstić information content (AvgIpc) is 3.37. The minimum absolute atomic E-state index is 0.111. The first-order valence-corrected chi connectivity index (χ1v) is 9.54. The molecule has 0 atom stereocenters. The molecule has 5 rings (SSSR count). The number of hydrogen-bond donors (Lipinski definition) is 0. The predicted molar refractivity (Wildman–Crippen MR) is 103 cm³/mol. The molecular formula is C22H19N3O3. The van der Waals surface area contributed by atoms with Gasteiger partial charge in [0.25, 0.3) is 17.7 Å². The largest absolute Gasteiger partial charge is 0.275 e. The third kappa shape index (κ3) is 2.34. The molecule has 1 saturated carbocycles. The SMILES string of the molecule is O=C1c2ccccc2C(=O)N1C1=NC2(CCCC2)C(=O)N1Cc1ccccc1. The first-order valence-electron chi connectivity index (χ1n) is 9.54. The molecule has 1 aliphatic carbocycles. The number of amides is 3. The van der Waals surface area contributed by atoms with E-state index in [2.05, 4.69) is 0 Å². The maximum Gasteiger partial charge on any atom is 0.268 e.